The zero-order chi connectivity index (χ0) is 19.4. The first-order valence-electron chi connectivity index (χ1n) is 9.17. The lowest BCUT2D eigenvalue weighted by molar-refractivity contribution is -0.156. The minimum atomic E-state index is -0.700. The maximum Gasteiger partial charge on any atom is 0.410 e. The van der Waals surface area contributed by atoms with Crippen molar-refractivity contribution in [2.75, 3.05) is 20.2 Å². The van der Waals surface area contributed by atoms with E-state index in [2.05, 4.69) is 20.8 Å². The summed E-state index contributed by atoms with van der Waals surface area (Å²) in [4.78, 5) is 26.6. The molecule has 1 fully saturated rings. The molecule has 0 bridgehead atoms. The van der Waals surface area contributed by atoms with Gasteiger partial charge in [0.25, 0.3) is 0 Å². The van der Waals surface area contributed by atoms with E-state index in [1.165, 1.54) is 7.11 Å². The molecule has 2 atom stereocenters. The zero-order valence-electron chi connectivity index (χ0n) is 16.6. The van der Waals surface area contributed by atoms with Crippen molar-refractivity contribution in [1.82, 2.24) is 4.90 Å². The number of amides is 1. The van der Waals surface area contributed by atoms with Crippen LogP contribution in [-0.2, 0) is 20.9 Å². The van der Waals surface area contributed by atoms with E-state index in [0.29, 0.717) is 13.1 Å². The van der Waals surface area contributed by atoms with Crippen LogP contribution in [0, 0.1) is 16.7 Å². The Morgan fingerprint density at radius 2 is 1.88 bits per heavy atom. The van der Waals surface area contributed by atoms with Crippen LogP contribution in [0.25, 0.3) is 0 Å². The second kappa shape index (κ2) is 8.11. The van der Waals surface area contributed by atoms with Gasteiger partial charge in [-0.25, -0.2) is 4.79 Å². The van der Waals surface area contributed by atoms with Crippen molar-refractivity contribution >= 4 is 12.1 Å². The molecular weight excluding hydrogens is 330 g/mol. The number of benzene rings is 1. The molecule has 0 aromatic heterocycles. The van der Waals surface area contributed by atoms with Crippen molar-refractivity contribution < 1.29 is 19.1 Å². The van der Waals surface area contributed by atoms with Crippen LogP contribution in [0.1, 0.15) is 46.1 Å². The number of carbonyl (C=O) groups is 2. The second-order valence-electron chi connectivity index (χ2n) is 8.81. The van der Waals surface area contributed by atoms with E-state index >= 15 is 0 Å². The summed E-state index contributed by atoms with van der Waals surface area (Å²) in [6.07, 6.45) is 1.28. The Morgan fingerprint density at radius 3 is 2.46 bits per heavy atom. The number of piperidine rings is 1. The van der Waals surface area contributed by atoms with E-state index < -0.39 is 5.41 Å². The molecule has 5 nitrogen and oxygen atoms in total. The van der Waals surface area contributed by atoms with Gasteiger partial charge in [0.2, 0.25) is 0 Å². The van der Waals surface area contributed by atoms with Crippen molar-refractivity contribution in [3.05, 3.63) is 35.9 Å². The van der Waals surface area contributed by atoms with Gasteiger partial charge in [-0.15, -0.1) is 0 Å². The van der Waals surface area contributed by atoms with Crippen LogP contribution in [0.2, 0.25) is 0 Å². The Kier molecular flexibility index (Phi) is 6.32. The average molecular weight is 361 g/mol. The molecule has 5 heteroatoms. The largest absolute Gasteiger partial charge is 0.469 e. The predicted octanol–water partition coefficient (Wildman–Crippen LogP) is 4.26. The van der Waals surface area contributed by atoms with Gasteiger partial charge in [0, 0.05) is 13.1 Å². The third-order valence-corrected chi connectivity index (χ3v) is 4.80. The van der Waals surface area contributed by atoms with Gasteiger partial charge in [-0.05, 0) is 36.7 Å². The third kappa shape index (κ3) is 5.48. The van der Waals surface area contributed by atoms with Gasteiger partial charge >= 0.3 is 12.1 Å². The van der Waals surface area contributed by atoms with Crippen LogP contribution in [0.15, 0.2) is 30.3 Å². The number of carbonyl (C=O) groups excluding carboxylic acids is 2. The molecule has 0 N–H and O–H groups in total. The first kappa shape index (κ1) is 20.3. The normalized spacial score (nSPS) is 23.4. The van der Waals surface area contributed by atoms with E-state index in [1.807, 2.05) is 37.3 Å². The number of rotatable bonds is 4. The van der Waals surface area contributed by atoms with Crippen LogP contribution in [0.3, 0.4) is 0 Å². The van der Waals surface area contributed by atoms with E-state index in [9.17, 15) is 9.59 Å². The van der Waals surface area contributed by atoms with Gasteiger partial charge in [-0.2, -0.15) is 0 Å². The smallest absolute Gasteiger partial charge is 0.410 e. The lowest BCUT2D eigenvalue weighted by Gasteiger charge is -2.43. The van der Waals surface area contributed by atoms with Crippen molar-refractivity contribution in [2.45, 2.75) is 47.1 Å². The Balaban J connectivity index is 2.09. The number of esters is 1. The van der Waals surface area contributed by atoms with Gasteiger partial charge in [-0.1, -0.05) is 51.1 Å². The predicted molar refractivity (Wildman–Crippen MR) is 101 cm³/mol. The van der Waals surface area contributed by atoms with E-state index in [0.717, 1.165) is 18.4 Å². The Morgan fingerprint density at radius 1 is 1.23 bits per heavy atom. The lowest BCUT2D eigenvalue weighted by Crippen LogP contribution is -2.52. The fourth-order valence-electron chi connectivity index (χ4n) is 3.91. The molecule has 0 aliphatic carbocycles. The zero-order valence-corrected chi connectivity index (χ0v) is 16.6. The highest BCUT2D eigenvalue weighted by Gasteiger charge is 2.45. The fourth-order valence-corrected chi connectivity index (χ4v) is 3.91. The van der Waals surface area contributed by atoms with E-state index in [1.54, 1.807) is 4.90 Å². The number of ether oxygens (including phenoxy) is 2. The molecule has 1 aliphatic rings. The summed E-state index contributed by atoms with van der Waals surface area (Å²) < 4.78 is 10.5. The first-order chi connectivity index (χ1) is 12.1. The summed E-state index contributed by atoms with van der Waals surface area (Å²) in [6.45, 7) is 9.57. The van der Waals surface area contributed by atoms with Crippen molar-refractivity contribution in [3.63, 3.8) is 0 Å². The number of likely N-dealkylation sites (tertiary alicyclic amines) is 1. The van der Waals surface area contributed by atoms with Crippen LogP contribution < -0.4 is 0 Å². The maximum atomic E-state index is 12.6. The van der Waals surface area contributed by atoms with Gasteiger partial charge in [-0.3, -0.25) is 4.79 Å². The molecule has 1 heterocycles. The standard InChI is InChI=1S/C21H31NO4/c1-20(2,3)11-17-12-21(4,18(23)25-5)15-22(13-17)19(24)26-14-16-9-7-6-8-10-16/h6-10,17H,11-15H2,1-5H3/t17?,21-/m1/s1. The third-order valence-electron chi connectivity index (χ3n) is 4.80. The number of hydrogen-bond acceptors (Lipinski definition) is 4. The van der Waals surface area contributed by atoms with Crippen molar-refractivity contribution in [3.8, 4) is 0 Å². The Labute approximate surface area is 156 Å². The number of nitrogens with zero attached hydrogens (tertiary/aromatic N) is 1. The summed E-state index contributed by atoms with van der Waals surface area (Å²) in [5, 5.41) is 0. The highest BCUT2D eigenvalue weighted by Crippen LogP contribution is 2.39. The maximum absolute atomic E-state index is 12.6. The summed E-state index contributed by atoms with van der Waals surface area (Å²) in [5.74, 6) is -0.0332. The lowest BCUT2D eigenvalue weighted by atomic mass is 9.72. The molecule has 0 radical (unpaired) electrons. The first-order valence-corrected chi connectivity index (χ1v) is 9.17. The second-order valence-corrected chi connectivity index (χ2v) is 8.81. The van der Waals surface area contributed by atoms with Gasteiger partial charge in [0.15, 0.2) is 0 Å². The highest BCUT2D eigenvalue weighted by molar-refractivity contribution is 5.78. The SMILES string of the molecule is COC(=O)[C@]1(C)CC(CC(C)(C)C)CN(C(=O)OCc2ccccc2)C1. The summed E-state index contributed by atoms with van der Waals surface area (Å²) >= 11 is 0. The molecule has 1 aromatic rings. The monoisotopic (exact) mass is 361 g/mol. The molecule has 26 heavy (non-hydrogen) atoms. The number of methoxy groups -OCH3 is 1. The summed E-state index contributed by atoms with van der Waals surface area (Å²) in [6, 6.07) is 9.60. The molecule has 1 aromatic carbocycles. The molecule has 1 aliphatic heterocycles. The van der Waals surface area contributed by atoms with Crippen molar-refractivity contribution in [2.24, 2.45) is 16.7 Å². The van der Waals surface area contributed by atoms with Gasteiger partial charge in [0.1, 0.15) is 6.61 Å². The molecule has 144 valence electrons. The Bertz CT molecular complexity index is 623. The van der Waals surface area contributed by atoms with Gasteiger partial charge in [0.05, 0.1) is 12.5 Å². The fraction of sp³-hybridized carbons (Fsp3) is 0.619. The summed E-state index contributed by atoms with van der Waals surface area (Å²) in [7, 11) is 1.40. The summed E-state index contributed by atoms with van der Waals surface area (Å²) in [5.41, 5.74) is 0.368. The topological polar surface area (TPSA) is 55.8 Å². The molecule has 1 saturated heterocycles. The molecule has 1 unspecified atom stereocenters. The van der Waals surface area contributed by atoms with Crippen LogP contribution >= 0.6 is 0 Å². The van der Waals surface area contributed by atoms with Crippen LogP contribution in [-0.4, -0.2) is 37.2 Å². The van der Waals surface area contributed by atoms with Crippen LogP contribution in [0.5, 0.6) is 0 Å². The molecule has 1 amide bonds. The quantitative estimate of drug-likeness (QED) is 0.752. The number of hydrogen-bond donors (Lipinski definition) is 0. The molecular formula is C21H31NO4. The molecule has 0 saturated carbocycles. The highest BCUT2D eigenvalue weighted by atomic mass is 16.6. The average Bonchev–Trinajstić information content (AvgIpc) is 2.57. The Hall–Kier alpha value is -2.04. The molecule has 0 spiro atoms. The van der Waals surface area contributed by atoms with E-state index in [-0.39, 0.29) is 30.0 Å². The van der Waals surface area contributed by atoms with Crippen molar-refractivity contribution in [1.29, 1.82) is 0 Å². The molecule has 2 rings (SSSR count). The van der Waals surface area contributed by atoms with E-state index in [4.69, 9.17) is 9.47 Å². The van der Waals surface area contributed by atoms with Crippen LogP contribution in [0.4, 0.5) is 4.79 Å². The minimum absolute atomic E-state index is 0.124. The minimum Gasteiger partial charge on any atom is -0.469 e. The van der Waals surface area contributed by atoms with Gasteiger partial charge < -0.3 is 14.4 Å².